The Balaban J connectivity index is 1.71. The lowest BCUT2D eigenvalue weighted by molar-refractivity contribution is -0.0183. The van der Waals surface area contributed by atoms with Gasteiger partial charge in [0.1, 0.15) is 11.9 Å². The Morgan fingerprint density at radius 2 is 2.33 bits per heavy atom. The van der Waals surface area contributed by atoms with Gasteiger partial charge in [0.2, 0.25) is 0 Å². The maximum Gasteiger partial charge on any atom is 0.139 e. The first-order valence-electron chi connectivity index (χ1n) is 7.62. The fourth-order valence-corrected chi connectivity index (χ4v) is 2.90. The number of aromatic nitrogens is 4. The summed E-state index contributed by atoms with van der Waals surface area (Å²) in [6.45, 7) is 4.66. The summed E-state index contributed by atoms with van der Waals surface area (Å²) >= 11 is 0. The summed E-state index contributed by atoms with van der Waals surface area (Å²) in [4.78, 5) is 4.50. The van der Waals surface area contributed by atoms with Gasteiger partial charge in [-0.1, -0.05) is 0 Å². The molecule has 0 amide bonds. The van der Waals surface area contributed by atoms with Crippen molar-refractivity contribution in [3.63, 3.8) is 0 Å². The molecule has 0 spiro atoms. The monoisotopic (exact) mass is 289 g/mol. The summed E-state index contributed by atoms with van der Waals surface area (Å²) < 4.78 is 10.1. The fourth-order valence-electron chi connectivity index (χ4n) is 2.90. The third-order valence-corrected chi connectivity index (χ3v) is 4.13. The molecule has 3 heterocycles. The molecule has 1 fully saturated rings. The van der Waals surface area contributed by atoms with Crippen molar-refractivity contribution in [1.29, 1.82) is 0 Å². The van der Waals surface area contributed by atoms with E-state index in [4.69, 9.17) is 4.74 Å². The van der Waals surface area contributed by atoms with Gasteiger partial charge in [-0.2, -0.15) is 5.10 Å². The van der Waals surface area contributed by atoms with E-state index >= 15 is 0 Å². The Labute approximate surface area is 125 Å². The van der Waals surface area contributed by atoms with Crippen LogP contribution in [-0.4, -0.2) is 32.0 Å². The van der Waals surface area contributed by atoms with Gasteiger partial charge in [0.15, 0.2) is 0 Å². The van der Waals surface area contributed by atoms with Gasteiger partial charge in [-0.05, 0) is 25.8 Å². The van der Waals surface area contributed by atoms with E-state index in [1.54, 1.807) is 0 Å². The van der Waals surface area contributed by atoms with E-state index in [-0.39, 0.29) is 6.10 Å². The number of ether oxygens (including phenoxy) is 1. The van der Waals surface area contributed by atoms with Crippen molar-refractivity contribution in [1.82, 2.24) is 24.6 Å². The van der Waals surface area contributed by atoms with Crippen LogP contribution in [-0.2, 0) is 24.9 Å². The summed E-state index contributed by atoms with van der Waals surface area (Å²) in [5, 5.41) is 7.82. The van der Waals surface area contributed by atoms with Crippen molar-refractivity contribution in [2.45, 2.75) is 45.0 Å². The van der Waals surface area contributed by atoms with Crippen LogP contribution >= 0.6 is 0 Å². The van der Waals surface area contributed by atoms with Gasteiger partial charge in [0.05, 0.1) is 5.69 Å². The van der Waals surface area contributed by atoms with Gasteiger partial charge in [-0.25, -0.2) is 4.98 Å². The third-order valence-electron chi connectivity index (χ3n) is 4.13. The van der Waals surface area contributed by atoms with Crippen molar-refractivity contribution in [2.75, 3.05) is 6.61 Å². The molecule has 2 aromatic heterocycles. The molecule has 0 aromatic carbocycles. The minimum atomic E-state index is 0.0296. The van der Waals surface area contributed by atoms with Crippen LogP contribution in [0.3, 0.4) is 0 Å². The number of nitrogens with one attached hydrogen (secondary N) is 1. The third kappa shape index (κ3) is 3.01. The number of hydrogen-bond donors (Lipinski definition) is 1. The van der Waals surface area contributed by atoms with Crippen LogP contribution in [0.4, 0.5) is 0 Å². The zero-order chi connectivity index (χ0) is 14.7. The summed E-state index contributed by atoms with van der Waals surface area (Å²) in [7, 11) is 1.97. The minimum Gasteiger partial charge on any atom is -0.369 e. The Morgan fingerprint density at radius 3 is 3.10 bits per heavy atom. The molecule has 1 N–H and O–H groups in total. The average Bonchev–Trinajstić information content (AvgIpc) is 3.14. The lowest BCUT2D eigenvalue weighted by Gasteiger charge is -2.32. The number of hydrogen-bond acceptors (Lipinski definition) is 4. The molecular weight excluding hydrogens is 266 g/mol. The van der Waals surface area contributed by atoms with Crippen molar-refractivity contribution < 1.29 is 4.74 Å². The van der Waals surface area contributed by atoms with Gasteiger partial charge >= 0.3 is 0 Å². The molecule has 6 nitrogen and oxygen atoms in total. The Kier molecular flexibility index (Phi) is 4.36. The minimum absolute atomic E-state index is 0.0296. The number of imidazole rings is 1. The van der Waals surface area contributed by atoms with Crippen LogP contribution in [0, 0.1) is 0 Å². The molecular formula is C15H23N5O. The highest BCUT2D eigenvalue weighted by molar-refractivity contribution is 5.04. The molecule has 114 valence electrons. The fraction of sp³-hybridized carbons (Fsp3) is 0.600. The van der Waals surface area contributed by atoms with Gasteiger partial charge in [-0.15, -0.1) is 0 Å². The van der Waals surface area contributed by atoms with Gasteiger partial charge in [-0.3, -0.25) is 4.68 Å². The highest BCUT2D eigenvalue weighted by atomic mass is 16.5. The topological polar surface area (TPSA) is 56.9 Å². The zero-order valence-electron chi connectivity index (χ0n) is 12.7. The summed E-state index contributed by atoms with van der Waals surface area (Å²) in [5.74, 6) is 1.03. The molecule has 3 rings (SSSR count). The predicted octanol–water partition coefficient (Wildman–Crippen LogP) is 1.65. The maximum atomic E-state index is 6.01. The lowest BCUT2D eigenvalue weighted by atomic mass is 10.0. The van der Waals surface area contributed by atoms with E-state index in [0.717, 1.165) is 38.4 Å². The van der Waals surface area contributed by atoms with Crippen LogP contribution in [0.25, 0.3) is 0 Å². The van der Waals surface area contributed by atoms with Gasteiger partial charge in [0.25, 0.3) is 0 Å². The quantitative estimate of drug-likeness (QED) is 0.909. The number of rotatable bonds is 5. The Morgan fingerprint density at radius 1 is 1.43 bits per heavy atom. The normalized spacial score (nSPS) is 22.6. The average molecular weight is 289 g/mol. The Hall–Kier alpha value is -1.66. The first-order valence-corrected chi connectivity index (χ1v) is 7.62. The number of aryl methyl sites for hydroxylation is 2. The molecule has 21 heavy (non-hydrogen) atoms. The second-order valence-corrected chi connectivity index (χ2v) is 5.44. The molecule has 6 heteroatoms. The first-order chi connectivity index (χ1) is 10.3. The van der Waals surface area contributed by atoms with Crippen LogP contribution in [0.5, 0.6) is 0 Å². The molecule has 2 aromatic rings. The molecule has 0 radical (unpaired) electrons. The van der Waals surface area contributed by atoms with Gasteiger partial charge < -0.3 is 14.6 Å². The highest BCUT2D eigenvalue weighted by Crippen LogP contribution is 2.27. The lowest BCUT2D eigenvalue weighted by Crippen LogP contribution is -2.40. The highest BCUT2D eigenvalue weighted by Gasteiger charge is 2.30. The van der Waals surface area contributed by atoms with Crippen molar-refractivity contribution >= 4 is 0 Å². The van der Waals surface area contributed by atoms with Crippen LogP contribution in [0.1, 0.15) is 37.4 Å². The Bertz CT molecular complexity index is 576. The predicted molar refractivity (Wildman–Crippen MR) is 79.7 cm³/mol. The van der Waals surface area contributed by atoms with Crippen molar-refractivity contribution in [3.8, 4) is 0 Å². The summed E-state index contributed by atoms with van der Waals surface area (Å²) in [5.41, 5.74) is 1.18. The zero-order valence-corrected chi connectivity index (χ0v) is 12.7. The molecule has 0 unspecified atom stereocenters. The van der Waals surface area contributed by atoms with E-state index in [1.807, 2.05) is 36.4 Å². The molecule has 0 saturated carbocycles. The van der Waals surface area contributed by atoms with Crippen LogP contribution in [0.15, 0.2) is 24.7 Å². The van der Waals surface area contributed by atoms with Crippen molar-refractivity contribution in [3.05, 3.63) is 36.2 Å². The van der Waals surface area contributed by atoms with E-state index < -0.39 is 0 Å². The maximum absolute atomic E-state index is 6.01. The summed E-state index contributed by atoms with van der Waals surface area (Å²) in [6.07, 6.45) is 7.93. The molecule has 1 aliphatic rings. The van der Waals surface area contributed by atoms with Crippen LogP contribution in [0.2, 0.25) is 0 Å². The second kappa shape index (κ2) is 6.41. The largest absolute Gasteiger partial charge is 0.369 e. The second-order valence-electron chi connectivity index (χ2n) is 5.44. The van der Waals surface area contributed by atoms with E-state index in [2.05, 4.69) is 26.9 Å². The standard InChI is InChI=1S/C15H23N5O/c1-3-20-9-8-16-15(20)14-13(5-4-10-21-14)17-11-12-6-7-18-19(12)2/h6-9,13-14,17H,3-5,10-11H2,1-2H3/t13-,14-/m0/s1. The van der Waals surface area contributed by atoms with Gasteiger partial charge in [0, 0.05) is 51.4 Å². The smallest absolute Gasteiger partial charge is 0.139 e. The molecule has 1 saturated heterocycles. The molecule has 1 aliphatic heterocycles. The van der Waals surface area contributed by atoms with Crippen molar-refractivity contribution in [2.24, 2.45) is 7.05 Å². The van der Waals surface area contributed by atoms with Crippen LogP contribution < -0.4 is 5.32 Å². The molecule has 2 atom stereocenters. The van der Waals surface area contributed by atoms with E-state index in [1.165, 1.54) is 5.69 Å². The number of nitrogens with zero attached hydrogens (tertiary/aromatic N) is 4. The molecule has 0 bridgehead atoms. The SMILES string of the molecule is CCn1ccnc1[C@H]1OCCC[C@@H]1NCc1ccnn1C. The van der Waals surface area contributed by atoms with E-state index in [9.17, 15) is 0 Å². The van der Waals surface area contributed by atoms with E-state index in [0.29, 0.717) is 6.04 Å². The summed E-state index contributed by atoms with van der Waals surface area (Å²) in [6, 6.07) is 2.33. The first kappa shape index (κ1) is 14.3. The molecule has 0 aliphatic carbocycles.